The average molecular weight is 280 g/mol. The predicted molar refractivity (Wildman–Crippen MR) is 74.2 cm³/mol. The van der Waals surface area contributed by atoms with Crippen LogP contribution in [0.15, 0.2) is 30.3 Å². The van der Waals surface area contributed by atoms with Crippen LogP contribution in [-0.4, -0.2) is 42.8 Å². The van der Waals surface area contributed by atoms with Crippen LogP contribution in [0.3, 0.4) is 0 Å². The van der Waals surface area contributed by atoms with Crippen molar-refractivity contribution in [3.63, 3.8) is 0 Å². The third-order valence-corrected chi connectivity index (χ3v) is 2.69. The number of aryl methyl sites for hydroxylation is 1. The second-order valence-electron chi connectivity index (χ2n) is 4.32. The van der Waals surface area contributed by atoms with E-state index in [0.717, 1.165) is 5.56 Å². The third-order valence-electron chi connectivity index (χ3n) is 2.69. The zero-order valence-corrected chi connectivity index (χ0v) is 11.2. The fourth-order valence-electron chi connectivity index (χ4n) is 1.70. The zero-order valence-electron chi connectivity index (χ0n) is 11.2. The summed E-state index contributed by atoms with van der Waals surface area (Å²) in [6, 6.07) is 8.61. The molecule has 0 saturated heterocycles. The average Bonchev–Trinajstić information content (AvgIpc) is 2.44. The first-order valence-corrected chi connectivity index (χ1v) is 6.47. The maximum atomic E-state index is 11.5. The molecule has 0 fully saturated rings. The molecule has 1 amide bonds. The number of nitrogens with two attached hydrogens (primary N) is 1. The molecule has 0 aliphatic rings. The molecular weight excluding hydrogens is 260 g/mol. The van der Waals surface area contributed by atoms with Gasteiger partial charge >= 0.3 is 5.97 Å². The second kappa shape index (κ2) is 9.06. The van der Waals surface area contributed by atoms with Crippen LogP contribution in [0.1, 0.15) is 12.0 Å². The minimum absolute atomic E-state index is 0.174. The van der Waals surface area contributed by atoms with Gasteiger partial charge in [0.1, 0.15) is 12.6 Å². The standard InChI is InChI=1S/C14H20N2O4/c15-8-9-20-10-13(17)16-12(14(18)19)7-6-11-4-2-1-3-5-11/h1-5,12H,6-10,15H2,(H,16,17)(H,18,19)/t12-/m0/s1. The molecule has 0 saturated carbocycles. The van der Waals surface area contributed by atoms with Crippen molar-refractivity contribution >= 4 is 11.9 Å². The number of carboxylic acid groups (broad SMARTS) is 1. The van der Waals surface area contributed by atoms with E-state index in [1.165, 1.54) is 0 Å². The molecule has 0 aromatic heterocycles. The van der Waals surface area contributed by atoms with Gasteiger partial charge in [-0.1, -0.05) is 30.3 Å². The molecule has 6 heteroatoms. The number of nitrogens with one attached hydrogen (secondary N) is 1. The Labute approximate surface area is 117 Å². The van der Waals surface area contributed by atoms with E-state index in [1.54, 1.807) is 0 Å². The van der Waals surface area contributed by atoms with Gasteiger partial charge in [0, 0.05) is 6.54 Å². The number of amides is 1. The van der Waals surface area contributed by atoms with Crippen LogP contribution in [-0.2, 0) is 20.7 Å². The van der Waals surface area contributed by atoms with Gasteiger partial charge in [-0.15, -0.1) is 0 Å². The van der Waals surface area contributed by atoms with E-state index in [9.17, 15) is 9.59 Å². The van der Waals surface area contributed by atoms with Crippen molar-refractivity contribution in [1.82, 2.24) is 5.32 Å². The molecule has 4 N–H and O–H groups in total. The minimum Gasteiger partial charge on any atom is -0.480 e. The number of hydrogen-bond acceptors (Lipinski definition) is 4. The highest BCUT2D eigenvalue weighted by Gasteiger charge is 2.19. The second-order valence-corrected chi connectivity index (χ2v) is 4.32. The molecule has 0 aliphatic carbocycles. The van der Waals surface area contributed by atoms with Gasteiger partial charge in [0.15, 0.2) is 0 Å². The van der Waals surface area contributed by atoms with Crippen molar-refractivity contribution in [2.24, 2.45) is 5.73 Å². The molecule has 0 radical (unpaired) electrons. The summed E-state index contributed by atoms with van der Waals surface area (Å²) < 4.78 is 4.96. The molecule has 1 atom stereocenters. The van der Waals surface area contributed by atoms with Gasteiger partial charge in [-0.2, -0.15) is 0 Å². The lowest BCUT2D eigenvalue weighted by molar-refractivity contribution is -0.142. The van der Waals surface area contributed by atoms with Crippen LogP contribution < -0.4 is 11.1 Å². The molecule has 1 aromatic rings. The van der Waals surface area contributed by atoms with Gasteiger partial charge in [-0.05, 0) is 18.4 Å². The molecule has 0 heterocycles. The first-order chi connectivity index (χ1) is 9.63. The quantitative estimate of drug-likeness (QED) is 0.559. The van der Waals surface area contributed by atoms with Crippen LogP contribution >= 0.6 is 0 Å². The van der Waals surface area contributed by atoms with Crippen molar-refractivity contribution in [2.75, 3.05) is 19.8 Å². The highest BCUT2D eigenvalue weighted by Crippen LogP contribution is 2.05. The maximum absolute atomic E-state index is 11.5. The summed E-state index contributed by atoms with van der Waals surface area (Å²) in [5.41, 5.74) is 6.26. The van der Waals surface area contributed by atoms with Gasteiger partial charge in [0.05, 0.1) is 6.61 Å². The Morgan fingerprint density at radius 1 is 1.30 bits per heavy atom. The summed E-state index contributed by atoms with van der Waals surface area (Å²) in [6.45, 7) is 0.422. The number of rotatable bonds is 9. The molecule has 0 bridgehead atoms. The SMILES string of the molecule is NCCOCC(=O)N[C@@H](CCc1ccccc1)C(=O)O. The lowest BCUT2D eigenvalue weighted by Crippen LogP contribution is -2.42. The van der Waals surface area contributed by atoms with Crippen molar-refractivity contribution < 1.29 is 19.4 Å². The summed E-state index contributed by atoms with van der Waals surface area (Å²) in [7, 11) is 0. The number of carbonyl (C=O) groups excluding carboxylic acids is 1. The van der Waals surface area contributed by atoms with Gasteiger partial charge in [-0.3, -0.25) is 4.79 Å². The first kappa shape index (κ1) is 16.1. The van der Waals surface area contributed by atoms with Crippen LogP contribution in [0.4, 0.5) is 0 Å². The fourth-order valence-corrected chi connectivity index (χ4v) is 1.70. The maximum Gasteiger partial charge on any atom is 0.326 e. The third kappa shape index (κ3) is 6.31. The Morgan fingerprint density at radius 3 is 2.60 bits per heavy atom. The molecule has 110 valence electrons. The zero-order chi connectivity index (χ0) is 14.8. The molecular formula is C14H20N2O4. The Kier molecular flexibility index (Phi) is 7.31. The summed E-state index contributed by atoms with van der Waals surface area (Å²) in [5, 5.41) is 11.5. The van der Waals surface area contributed by atoms with E-state index >= 15 is 0 Å². The molecule has 1 aromatic carbocycles. The van der Waals surface area contributed by atoms with Crippen LogP contribution in [0, 0.1) is 0 Å². The normalized spacial score (nSPS) is 11.8. The molecule has 0 aliphatic heterocycles. The summed E-state index contributed by atoms with van der Waals surface area (Å²) in [4.78, 5) is 22.6. The Bertz CT molecular complexity index is 422. The Hall–Kier alpha value is -1.92. The summed E-state index contributed by atoms with van der Waals surface area (Å²) in [5.74, 6) is -1.49. The van der Waals surface area contributed by atoms with E-state index < -0.39 is 17.9 Å². The van der Waals surface area contributed by atoms with Crippen LogP contribution in [0.25, 0.3) is 0 Å². The van der Waals surface area contributed by atoms with E-state index in [1.807, 2.05) is 30.3 Å². The molecule has 0 unspecified atom stereocenters. The number of carboxylic acids is 1. The molecule has 20 heavy (non-hydrogen) atoms. The highest BCUT2D eigenvalue weighted by molar-refractivity contribution is 5.84. The number of aliphatic carboxylic acids is 1. The van der Waals surface area contributed by atoms with E-state index in [0.29, 0.717) is 19.4 Å². The molecule has 0 spiro atoms. The largest absolute Gasteiger partial charge is 0.480 e. The minimum atomic E-state index is -1.05. The van der Waals surface area contributed by atoms with Crippen molar-refractivity contribution in [2.45, 2.75) is 18.9 Å². The number of benzene rings is 1. The Balaban J connectivity index is 2.40. The van der Waals surface area contributed by atoms with E-state index in [-0.39, 0.29) is 13.2 Å². The van der Waals surface area contributed by atoms with E-state index in [2.05, 4.69) is 5.32 Å². The monoisotopic (exact) mass is 280 g/mol. The summed E-state index contributed by atoms with van der Waals surface area (Å²) >= 11 is 0. The van der Waals surface area contributed by atoms with Crippen molar-refractivity contribution in [3.8, 4) is 0 Å². The van der Waals surface area contributed by atoms with Gasteiger partial charge in [0.2, 0.25) is 5.91 Å². The van der Waals surface area contributed by atoms with Gasteiger partial charge in [-0.25, -0.2) is 4.79 Å². The van der Waals surface area contributed by atoms with Gasteiger partial charge in [0.25, 0.3) is 0 Å². The van der Waals surface area contributed by atoms with Crippen molar-refractivity contribution in [3.05, 3.63) is 35.9 Å². The summed E-state index contributed by atoms with van der Waals surface area (Å²) in [6.07, 6.45) is 0.920. The Morgan fingerprint density at radius 2 is 2.00 bits per heavy atom. The number of hydrogen-bond donors (Lipinski definition) is 3. The lowest BCUT2D eigenvalue weighted by Gasteiger charge is -2.14. The van der Waals surface area contributed by atoms with Crippen LogP contribution in [0.5, 0.6) is 0 Å². The molecule has 1 rings (SSSR count). The van der Waals surface area contributed by atoms with Crippen molar-refractivity contribution in [1.29, 1.82) is 0 Å². The topological polar surface area (TPSA) is 102 Å². The van der Waals surface area contributed by atoms with Crippen LogP contribution in [0.2, 0.25) is 0 Å². The predicted octanol–water partition coefficient (Wildman–Crippen LogP) is 0.164. The first-order valence-electron chi connectivity index (χ1n) is 6.47. The highest BCUT2D eigenvalue weighted by atomic mass is 16.5. The fraction of sp³-hybridized carbons (Fsp3) is 0.429. The lowest BCUT2D eigenvalue weighted by atomic mass is 10.1. The van der Waals surface area contributed by atoms with Gasteiger partial charge < -0.3 is 20.9 Å². The number of carbonyl (C=O) groups is 2. The van der Waals surface area contributed by atoms with E-state index in [4.69, 9.17) is 15.6 Å². The number of ether oxygens (including phenoxy) is 1. The smallest absolute Gasteiger partial charge is 0.326 e. The molecule has 6 nitrogen and oxygen atoms in total.